The van der Waals surface area contributed by atoms with Crippen LogP contribution in [-0.4, -0.2) is 121 Å². The molecule has 0 saturated carbocycles. The Morgan fingerprint density at radius 2 is 1.64 bits per heavy atom. The maximum Gasteiger partial charge on any atom is 0.490 e. The van der Waals surface area contributed by atoms with E-state index in [-0.39, 0.29) is 52.3 Å². The van der Waals surface area contributed by atoms with E-state index in [1.54, 1.807) is 36.2 Å². The van der Waals surface area contributed by atoms with Crippen LogP contribution < -0.4 is 16.0 Å². The lowest BCUT2D eigenvalue weighted by Crippen LogP contribution is -2.52. The summed E-state index contributed by atoms with van der Waals surface area (Å²) in [5, 5.41) is 21.9. The van der Waals surface area contributed by atoms with Gasteiger partial charge in [0.05, 0.1) is 28.0 Å². The van der Waals surface area contributed by atoms with Crippen LogP contribution >= 0.6 is 11.6 Å². The number of carboxylic acids is 1. The molecule has 4 aromatic rings. The molecule has 0 radical (unpaired) electrons. The summed E-state index contributed by atoms with van der Waals surface area (Å²) in [4.78, 5) is 66.4. The molecule has 2 fully saturated rings. The van der Waals surface area contributed by atoms with Gasteiger partial charge >= 0.3 is 18.3 Å². The predicted octanol–water partition coefficient (Wildman–Crippen LogP) is 3.82. The normalized spacial score (nSPS) is 15.1. The van der Waals surface area contributed by atoms with Crippen LogP contribution in [0.3, 0.4) is 0 Å². The summed E-state index contributed by atoms with van der Waals surface area (Å²) in [5.74, 6) is -3.44. The number of piperidine rings is 1. The lowest BCUT2D eigenvalue weighted by molar-refractivity contribution is -0.192. The molecule has 0 bridgehead atoms. The number of aliphatic carboxylic acids is 1. The van der Waals surface area contributed by atoms with Crippen molar-refractivity contribution >= 4 is 41.1 Å². The van der Waals surface area contributed by atoms with Gasteiger partial charge in [0.15, 0.2) is 17.3 Å². The second-order valence-electron chi connectivity index (χ2n) is 12.4. The van der Waals surface area contributed by atoms with Crippen LogP contribution in [0.2, 0.25) is 5.02 Å². The van der Waals surface area contributed by atoms with Crippen molar-refractivity contribution in [1.82, 2.24) is 50.6 Å². The monoisotopic (exact) mass is 813 g/mol. The van der Waals surface area contributed by atoms with Gasteiger partial charge in [0.2, 0.25) is 5.91 Å². The number of halogens is 7. The maximum absolute atomic E-state index is 13.9. The van der Waals surface area contributed by atoms with Crippen molar-refractivity contribution < 1.29 is 50.6 Å². The summed E-state index contributed by atoms with van der Waals surface area (Å²) >= 11 is 6.49. The maximum atomic E-state index is 13.9. The first-order valence-corrected chi connectivity index (χ1v) is 17.2. The number of carboxylic acid groups (broad SMARTS) is 1. The SMILES string of the molecule is CNc1ccnc(-c2[nH]nc(C(F)(F)F)c2-c2cnc(C(=O)NCc3ccc(C(=O)N4CCN(C(=O)C5CCNCC5)CC4)c(Cl)c3)[nH]2)n1.O=C(O)C(F)(F)F. The molecule has 2 saturated heterocycles. The zero-order valence-corrected chi connectivity index (χ0v) is 30.1. The molecule has 2 aliphatic heterocycles. The first-order chi connectivity index (χ1) is 26.5. The quantitative estimate of drug-likeness (QED) is 0.141. The fourth-order valence-electron chi connectivity index (χ4n) is 5.89. The molecular formula is C33H34ClF6N11O5. The van der Waals surface area contributed by atoms with Crippen molar-refractivity contribution in [1.29, 1.82) is 0 Å². The van der Waals surface area contributed by atoms with Crippen LogP contribution in [-0.2, 0) is 22.3 Å². The van der Waals surface area contributed by atoms with Gasteiger partial charge in [0, 0.05) is 51.9 Å². The number of aromatic nitrogens is 6. The molecule has 1 aromatic carbocycles. The summed E-state index contributed by atoms with van der Waals surface area (Å²) in [7, 11) is 1.60. The van der Waals surface area contributed by atoms with E-state index >= 15 is 0 Å². The summed E-state index contributed by atoms with van der Waals surface area (Å²) in [6, 6.07) is 6.33. The van der Waals surface area contributed by atoms with E-state index in [1.807, 2.05) is 4.90 Å². The van der Waals surface area contributed by atoms with Crippen molar-refractivity contribution in [3.63, 3.8) is 0 Å². The summed E-state index contributed by atoms with van der Waals surface area (Å²) in [5.41, 5.74) is -0.982. The Kier molecular flexibility index (Phi) is 12.8. The standard InChI is InChI=1S/C31H33ClF3N11O3.C2HF3O2/c1-36-22-6-9-38-26(42-22)24-23(25(44-43-24)31(33,34)35)21-16-39-27(41-21)28(47)40-15-17-2-3-19(20(32)14-17)30(49)46-12-10-45(11-13-46)29(48)18-4-7-37-8-5-18;3-2(4,5)1(6)7/h2-3,6,9,14,16,18,37H,4-5,7-8,10-13,15H2,1H3,(H,39,41)(H,40,47)(H,43,44)(H,36,38,42);(H,6,7). The number of rotatable bonds is 8. The highest BCUT2D eigenvalue weighted by Crippen LogP contribution is 2.39. The van der Waals surface area contributed by atoms with Crippen molar-refractivity contribution in [2.45, 2.75) is 31.7 Å². The lowest BCUT2D eigenvalue weighted by atomic mass is 9.96. The Morgan fingerprint density at radius 1 is 0.982 bits per heavy atom. The number of amides is 3. The number of hydrogen-bond acceptors (Lipinski definition) is 10. The molecule has 6 rings (SSSR count). The Labute approximate surface area is 318 Å². The third kappa shape index (κ3) is 9.90. The molecule has 3 aromatic heterocycles. The van der Waals surface area contributed by atoms with E-state index in [4.69, 9.17) is 21.5 Å². The van der Waals surface area contributed by atoms with Gasteiger partial charge in [-0.15, -0.1) is 0 Å². The van der Waals surface area contributed by atoms with Crippen LogP contribution in [0.15, 0.2) is 36.7 Å². The number of anilines is 1. The topological polar surface area (TPSA) is 214 Å². The van der Waals surface area contributed by atoms with Crippen LogP contribution in [0.1, 0.15) is 45.1 Å². The minimum atomic E-state index is -5.08. The van der Waals surface area contributed by atoms with Crippen molar-refractivity contribution in [2.75, 3.05) is 51.6 Å². The number of nitrogens with zero attached hydrogens (tertiary/aromatic N) is 6. The number of H-pyrrole nitrogens is 2. The second-order valence-corrected chi connectivity index (χ2v) is 12.8. The van der Waals surface area contributed by atoms with E-state index in [2.05, 4.69) is 46.1 Å². The van der Waals surface area contributed by atoms with Crippen LogP contribution in [0.25, 0.3) is 22.8 Å². The van der Waals surface area contributed by atoms with E-state index in [9.17, 15) is 40.7 Å². The molecule has 5 heterocycles. The highest BCUT2D eigenvalue weighted by Gasteiger charge is 2.40. The average molecular weight is 814 g/mol. The minimum absolute atomic E-state index is 0.00403. The molecule has 2 aliphatic rings. The van der Waals surface area contributed by atoms with Gasteiger partial charge in [0.1, 0.15) is 11.5 Å². The van der Waals surface area contributed by atoms with Crippen LogP contribution in [0, 0.1) is 5.92 Å². The molecule has 0 atom stereocenters. The molecule has 56 heavy (non-hydrogen) atoms. The van der Waals surface area contributed by atoms with E-state index in [0.717, 1.165) is 32.1 Å². The third-order valence-corrected chi connectivity index (χ3v) is 9.07. The fraction of sp³-hybridized carbons (Fsp3) is 0.394. The molecule has 16 nitrogen and oxygen atoms in total. The number of nitrogens with one attached hydrogen (secondary N) is 5. The van der Waals surface area contributed by atoms with Gasteiger partial charge in [-0.3, -0.25) is 19.5 Å². The first kappa shape index (κ1) is 41.4. The van der Waals surface area contributed by atoms with Crippen LogP contribution in [0.5, 0.6) is 0 Å². The number of piperazine rings is 1. The largest absolute Gasteiger partial charge is 0.490 e. The number of imidazole rings is 1. The Morgan fingerprint density at radius 3 is 2.25 bits per heavy atom. The lowest BCUT2D eigenvalue weighted by Gasteiger charge is -2.37. The Balaban J connectivity index is 0.000000784. The number of alkyl halides is 6. The number of aromatic amines is 2. The van der Waals surface area contributed by atoms with E-state index in [0.29, 0.717) is 43.1 Å². The highest BCUT2D eigenvalue weighted by molar-refractivity contribution is 6.33. The van der Waals surface area contributed by atoms with Gasteiger partial charge in [-0.25, -0.2) is 19.7 Å². The Hall–Kier alpha value is -5.77. The minimum Gasteiger partial charge on any atom is -0.475 e. The number of carbonyl (C=O) groups is 4. The Bertz CT molecular complexity index is 2060. The van der Waals surface area contributed by atoms with Crippen LogP contribution in [0.4, 0.5) is 32.2 Å². The average Bonchev–Trinajstić information content (AvgIpc) is 3.85. The molecule has 0 aliphatic carbocycles. The van der Waals surface area contributed by atoms with Gasteiger partial charge in [-0.2, -0.15) is 31.4 Å². The summed E-state index contributed by atoms with van der Waals surface area (Å²) < 4.78 is 73.5. The third-order valence-electron chi connectivity index (χ3n) is 8.76. The number of benzene rings is 1. The van der Waals surface area contributed by atoms with Crippen molar-refractivity contribution in [3.05, 3.63) is 64.3 Å². The van der Waals surface area contributed by atoms with Gasteiger partial charge in [0.25, 0.3) is 11.8 Å². The highest BCUT2D eigenvalue weighted by atomic mass is 35.5. The fourth-order valence-corrected chi connectivity index (χ4v) is 6.17. The number of carbonyl (C=O) groups excluding carboxylic acids is 3. The molecule has 6 N–H and O–H groups in total. The van der Waals surface area contributed by atoms with Crippen molar-refractivity contribution in [3.8, 4) is 22.8 Å². The van der Waals surface area contributed by atoms with Crippen molar-refractivity contribution in [2.24, 2.45) is 5.92 Å². The van der Waals surface area contributed by atoms with Gasteiger partial charge in [-0.05, 0) is 49.7 Å². The molecule has 0 spiro atoms. The zero-order valence-electron chi connectivity index (χ0n) is 29.3. The van der Waals surface area contributed by atoms with E-state index < -0.39 is 35.5 Å². The second kappa shape index (κ2) is 17.4. The molecule has 300 valence electrons. The van der Waals surface area contributed by atoms with E-state index in [1.165, 1.54) is 6.20 Å². The predicted molar refractivity (Wildman–Crippen MR) is 186 cm³/mol. The van der Waals surface area contributed by atoms with Gasteiger partial charge in [-0.1, -0.05) is 17.7 Å². The molecule has 3 amide bonds. The molecular weight excluding hydrogens is 780 g/mol. The van der Waals surface area contributed by atoms with Gasteiger partial charge < -0.3 is 35.8 Å². The summed E-state index contributed by atoms with van der Waals surface area (Å²) in [6.45, 7) is 3.38. The zero-order chi connectivity index (χ0) is 40.8. The molecule has 23 heteroatoms. The smallest absolute Gasteiger partial charge is 0.475 e. The number of hydrogen-bond donors (Lipinski definition) is 6. The molecule has 0 unspecified atom stereocenters. The first-order valence-electron chi connectivity index (χ1n) is 16.9. The summed E-state index contributed by atoms with van der Waals surface area (Å²) in [6.07, 6.45) is -5.79.